The molecule has 0 saturated carbocycles. The second-order valence-corrected chi connectivity index (χ2v) is 8.00. The summed E-state index contributed by atoms with van der Waals surface area (Å²) in [6, 6.07) is 6.18. The minimum absolute atomic E-state index is 0.0399. The van der Waals surface area contributed by atoms with E-state index in [1.165, 1.54) is 12.1 Å². The zero-order chi connectivity index (χ0) is 21.4. The maximum absolute atomic E-state index is 12.1. The Labute approximate surface area is 169 Å². The van der Waals surface area contributed by atoms with Crippen molar-refractivity contribution in [1.29, 1.82) is 0 Å². The fourth-order valence-corrected chi connectivity index (χ4v) is 2.96. The standard InChI is InChI=1S/C20H29F2N3O4/c1-20(2,3)29-19(27)24-15-8-10-25(11-9-15)13-17(26)23-12-14-4-6-16(7-5-14)28-18(21)22/h4-7,15,18H,8-13H2,1-3H3,(H,23,26)(H,24,27). The van der Waals surface area contributed by atoms with Crippen molar-refractivity contribution >= 4 is 12.0 Å². The molecule has 0 aliphatic carbocycles. The first-order valence-electron chi connectivity index (χ1n) is 9.63. The van der Waals surface area contributed by atoms with Crippen LogP contribution in [0, 0.1) is 0 Å². The number of hydrogen-bond acceptors (Lipinski definition) is 5. The molecular weight excluding hydrogens is 384 g/mol. The molecule has 0 atom stereocenters. The Morgan fingerprint density at radius 2 is 1.79 bits per heavy atom. The van der Waals surface area contributed by atoms with Gasteiger partial charge in [-0.2, -0.15) is 8.78 Å². The van der Waals surface area contributed by atoms with E-state index >= 15 is 0 Å². The Hall–Kier alpha value is -2.42. The average molecular weight is 413 g/mol. The highest BCUT2D eigenvalue weighted by Crippen LogP contribution is 2.15. The van der Waals surface area contributed by atoms with Crippen LogP contribution in [0.4, 0.5) is 13.6 Å². The number of benzene rings is 1. The lowest BCUT2D eigenvalue weighted by molar-refractivity contribution is -0.122. The van der Waals surface area contributed by atoms with Gasteiger partial charge in [-0.1, -0.05) is 12.1 Å². The highest BCUT2D eigenvalue weighted by atomic mass is 19.3. The number of ether oxygens (including phenoxy) is 2. The number of alkyl halides is 2. The Bertz CT molecular complexity index is 669. The number of likely N-dealkylation sites (tertiary alicyclic amines) is 1. The summed E-state index contributed by atoms with van der Waals surface area (Å²) >= 11 is 0. The van der Waals surface area contributed by atoms with Crippen LogP contribution in [0.5, 0.6) is 5.75 Å². The summed E-state index contributed by atoms with van der Waals surface area (Å²) in [5.41, 5.74) is 0.263. The minimum Gasteiger partial charge on any atom is -0.444 e. The molecule has 0 aromatic heterocycles. The Balaban J connectivity index is 1.66. The van der Waals surface area contributed by atoms with Gasteiger partial charge in [-0.05, 0) is 51.3 Å². The minimum atomic E-state index is -2.86. The molecule has 1 heterocycles. The summed E-state index contributed by atoms with van der Waals surface area (Å²) < 4.78 is 33.8. The van der Waals surface area contributed by atoms with E-state index in [9.17, 15) is 18.4 Å². The Morgan fingerprint density at radius 1 is 1.17 bits per heavy atom. The highest BCUT2D eigenvalue weighted by Gasteiger charge is 2.24. The van der Waals surface area contributed by atoms with E-state index in [1.807, 2.05) is 25.7 Å². The zero-order valence-electron chi connectivity index (χ0n) is 17.0. The van der Waals surface area contributed by atoms with E-state index < -0.39 is 18.3 Å². The Kier molecular flexibility index (Phi) is 8.19. The van der Waals surface area contributed by atoms with Crippen molar-refractivity contribution in [2.24, 2.45) is 0 Å². The first-order chi connectivity index (χ1) is 13.6. The van der Waals surface area contributed by atoms with Crippen molar-refractivity contribution in [3.8, 4) is 5.75 Å². The van der Waals surface area contributed by atoms with Crippen LogP contribution in [0.15, 0.2) is 24.3 Å². The molecule has 2 N–H and O–H groups in total. The third-order valence-corrected chi connectivity index (χ3v) is 4.31. The number of amides is 2. The second kappa shape index (κ2) is 10.4. The largest absolute Gasteiger partial charge is 0.444 e. The molecule has 0 bridgehead atoms. The van der Waals surface area contributed by atoms with Gasteiger partial charge in [-0.15, -0.1) is 0 Å². The summed E-state index contributed by atoms with van der Waals surface area (Å²) in [6.45, 7) is 4.58. The molecule has 29 heavy (non-hydrogen) atoms. The molecule has 0 radical (unpaired) electrons. The van der Waals surface area contributed by atoms with Crippen LogP contribution in [0.1, 0.15) is 39.2 Å². The van der Waals surface area contributed by atoms with Crippen LogP contribution in [0.3, 0.4) is 0 Å². The van der Waals surface area contributed by atoms with Crippen LogP contribution in [-0.4, -0.2) is 54.8 Å². The number of halogens is 2. The van der Waals surface area contributed by atoms with Gasteiger partial charge in [0.2, 0.25) is 5.91 Å². The average Bonchev–Trinajstić information content (AvgIpc) is 2.61. The number of piperidine rings is 1. The summed E-state index contributed by atoms with van der Waals surface area (Å²) in [5.74, 6) is -0.0330. The van der Waals surface area contributed by atoms with E-state index in [1.54, 1.807) is 12.1 Å². The maximum Gasteiger partial charge on any atom is 0.407 e. The SMILES string of the molecule is CC(C)(C)OC(=O)NC1CCN(CC(=O)NCc2ccc(OC(F)F)cc2)CC1. The second-order valence-electron chi connectivity index (χ2n) is 8.00. The van der Waals surface area contributed by atoms with Crippen LogP contribution in [0.25, 0.3) is 0 Å². The monoisotopic (exact) mass is 413 g/mol. The molecule has 1 aromatic carbocycles. The first kappa shape index (κ1) is 22.9. The summed E-state index contributed by atoms with van der Waals surface area (Å²) in [4.78, 5) is 26.0. The fourth-order valence-electron chi connectivity index (χ4n) is 2.96. The van der Waals surface area contributed by atoms with Gasteiger partial charge in [0.1, 0.15) is 11.4 Å². The van der Waals surface area contributed by atoms with E-state index in [0.29, 0.717) is 19.6 Å². The van der Waals surface area contributed by atoms with Gasteiger partial charge in [0, 0.05) is 25.7 Å². The fraction of sp³-hybridized carbons (Fsp3) is 0.600. The van der Waals surface area contributed by atoms with Crippen molar-refractivity contribution < 1.29 is 27.8 Å². The zero-order valence-corrected chi connectivity index (χ0v) is 17.0. The van der Waals surface area contributed by atoms with E-state index in [2.05, 4.69) is 15.4 Å². The molecule has 1 saturated heterocycles. The highest BCUT2D eigenvalue weighted by molar-refractivity contribution is 5.78. The summed E-state index contributed by atoms with van der Waals surface area (Å²) in [7, 11) is 0. The Morgan fingerprint density at radius 3 is 2.34 bits per heavy atom. The molecule has 1 aliphatic rings. The molecule has 2 amide bonds. The summed E-state index contributed by atoms with van der Waals surface area (Å²) in [6.07, 6.45) is 1.08. The number of rotatable bonds is 7. The number of nitrogens with zero attached hydrogens (tertiary/aromatic N) is 1. The maximum atomic E-state index is 12.1. The topological polar surface area (TPSA) is 79.9 Å². The predicted molar refractivity (Wildman–Crippen MR) is 104 cm³/mol. The van der Waals surface area contributed by atoms with Gasteiger partial charge in [-0.25, -0.2) is 4.79 Å². The molecule has 1 aliphatic heterocycles. The van der Waals surface area contributed by atoms with Crippen molar-refractivity contribution in [2.75, 3.05) is 19.6 Å². The van der Waals surface area contributed by atoms with Crippen molar-refractivity contribution in [2.45, 2.75) is 58.4 Å². The van der Waals surface area contributed by atoms with Gasteiger partial charge in [-0.3, -0.25) is 9.69 Å². The van der Waals surface area contributed by atoms with Crippen molar-refractivity contribution in [3.63, 3.8) is 0 Å². The van der Waals surface area contributed by atoms with Crippen molar-refractivity contribution in [1.82, 2.24) is 15.5 Å². The number of carbonyl (C=O) groups is 2. The normalized spacial score (nSPS) is 15.8. The lowest BCUT2D eigenvalue weighted by atomic mass is 10.1. The van der Waals surface area contributed by atoms with E-state index in [0.717, 1.165) is 18.4 Å². The first-order valence-corrected chi connectivity index (χ1v) is 9.63. The van der Waals surface area contributed by atoms with Crippen LogP contribution in [-0.2, 0) is 16.1 Å². The molecule has 9 heteroatoms. The van der Waals surface area contributed by atoms with E-state index in [4.69, 9.17) is 4.74 Å². The number of hydrogen-bond donors (Lipinski definition) is 2. The molecule has 1 aromatic rings. The predicted octanol–water partition coefficient (Wildman–Crippen LogP) is 2.89. The van der Waals surface area contributed by atoms with Crippen LogP contribution < -0.4 is 15.4 Å². The van der Waals surface area contributed by atoms with Crippen LogP contribution >= 0.6 is 0 Å². The lowest BCUT2D eigenvalue weighted by Crippen LogP contribution is -2.48. The molecular formula is C20H29F2N3O4. The third-order valence-electron chi connectivity index (χ3n) is 4.31. The molecule has 0 spiro atoms. The van der Waals surface area contributed by atoms with Crippen molar-refractivity contribution in [3.05, 3.63) is 29.8 Å². The van der Waals surface area contributed by atoms with Gasteiger partial charge in [0.15, 0.2) is 0 Å². The van der Waals surface area contributed by atoms with Gasteiger partial charge < -0.3 is 20.1 Å². The molecule has 2 rings (SSSR count). The molecule has 0 unspecified atom stereocenters. The number of alkyl carbamates (subject to hydrolysis) is 1. The third kappa shape index (κ3) is 9.08. The quantitative estimate of drug-likeness (QED) is 0.719. The van der Waals surface area contributed by atoms with Gasteiger partial charge in [0.05, 0.1) is 6.54 Å². The summed E-state index contributed by atoms with van der Waals surface area (Å²) in [5, 5.41) is 5.68. The molecule has 162 valence electrons. The number of carbonyl (C=O) groups excluding carboxylic acids is 2. The van der Waals surface area contributed by atoms with Gasteiger partial charge >= 0.3 is 12.7 Å². The van der Waals surface area contributed by atoms with Crippen LogP contribution in [0.2, 0.25) is 0 Å². The molecule has 1 fully saturated rings. The lowest BCUT2D eigenvalue weighted by Gasteiger charge is -2.32. The van der Waals surface area contributed by atoms with E-state index in [-0.39, 0.29) is 24.2 Å². The number of nitrogens with one attached hydrogen (secondary N) is 2. The van der Waals surface area contributed by atoms with Gasteiger partial charge in [0.25, 0.3) is 0 Å². The smallest absolute Gasteiger partial charge is 0.407 e. The molecule has 7 nitrogen and oxygen atoms in total.